The Kier molecular flexibility index (Phi) is 5.38. The minimum Gasteiger partial charge on any atom is -0.308 e. The molecule has 0 saturated heterocycles. The van der Waals surface area contributed by atoms with Crippen LogP contribution in [0.5, 0.6) is 0 Å². The molecule has 0 N–H and O–H groups in total. The molecule has 0 aliphatic heterocycles. The highest BCUT2D eigenvalue weighted by atomic mass is 15.0. The standard InChI is InChI=1S/C36H23N5/c1-2-8-28-24(7-1)12-18-35-36(28)29-21-25(26-11-15-32(39-22-26)30-9-3-5-19-37-30)13-17-34(29)41(35)27-14-16-33(40-23-27)31-10-4-6-20-38-31/h1-23H. The summed E-state index contributed by atoms with van der Waals surface area (Å²) in [4.78, 5) is 18.4. The van der Waals surface area contributed by atoms with Gasteiger partial charge >= 0.3 is 0 Å². The molecular weight excluding hydrogens is 502 g/mol. The van der Waals surface area contributed by atoms with Crippen molar-refractivity contribution in [2.24, 2.45) is 0 Å². The fraction of sp³-hybridized carbons (Fsp3) is 0. The van der Waals surface area contributed by atoms with E-state index >= 15 is 0 Å². The maximum atomic E-state index is 4.78. The van der Waals surface area contributed by atoms with Gasteiger partial charge in [-0.2, -0.15) is 0 Å². The van der Waals surface area contributed by atoms with Gasteiger partial charge < -0.3 is 4.57 Å². The lowest BCUT2D eigenvalue weighted by Gasteiger charge is -2.09. The fourth-order valence-electron chi connectivity index (χ4n) is 5.66. The van der Waals surface area contributed by atoms with Gasteiger partial charge in [0.15, 0.2) is 0 Å². The number of benzene rings is 3. The maximum Gasteiger partial charge on any atom is 0.0887 e. The summed E-state index contributed by atoms with van der Waals surface area (Å²) in [6, 6.07) is 39.7. The molecule has 8 rings (SSSR count). The van der Waals surface area contributed by atoms with Crippen molar-refractivity contribution < 1.29 is 0 Å². The molecular formula is C36H23N5. The van der Waals surface area contributed by atoms with Crippen LogP contribution in [0.1, 0.15) is 0 Å². The van der Waals surface area contributed by atoms with Crippen molar-refractivity contribution in [3.63, 3.8) is 0 Å². The lowest BCUT2D eigenvalue weighted by atomic mass is 10.0. The molecule has 5 heterocycles. The zero-order chi connectivity index (χ0) is 27.2. The van der Waals surface area contributed by atoms with Crippen LogP contribution < -0.4 is 0 Å². The molecule has 0 aliphatic carbocycles. The van der Waals surface area contributed by atoms with E-state index in [-0.39, 0.29) is 0 Å². The van der Waals surface area contributed by atoms with Gasteiger partial charge in [0.25, 0.3) is 0 Å². The summed E-state index contributed by atoms with van der Waals surface area (Å²) >= 11 is 0. The van der Waals surface area contributed by atoms with Crippen LogP contribution >= 0.6 is 0 Å². The maximum absolute atomic E-state index is 4.78. The van der Waals surface area contributed by atoms with Crippen molar-refractivity contribution >= 4 is 32.6 Å². The second-order valence-corrected chi connectivity index (χ2v) is 10.0. The third-order valence-corrected chi connectivity index (χ3v) is 7.61. The molecule has 0 atom stereocenters. The van der Waals surface area contributed by atoms with Gasteiger partial charge in [-0.25, -0.2) is 0 Å². The van der Waals surface area contributed by atoms with Crippen LogP contribution in [0.4, 0.5) is 0 Å². The Labute approximate surface area is 236 Å². The third kappa shape index (κ3) is 3.95. The van der Waals surface area contributed by atoms with Crippen LogP contribution in [-0.2, 0) is 0 Å². The molecule has 3 aromatic carbocycles. The van der Waals surface area contributed by atoms with E-state index in [0.29, 0.717) is 0 Å². The van der Waals surface area contributed by atoms with Crippen molar-refractivity contribution in [3.05, 3.63) is 140 Å². The van der Waals surface area contributed by atoms with Crippen molar-refractivity contribution in [1.82, 2.24) is 24.5 Å². The number of aromatic nitrogens is 5. The quantitative estimate of drug-likeness (QED) is 0.231. The lowest BCUT2D eigenvalue weighted by molar-refractivity contribution is 1.14. The minimum atomic E-state index is 0.851. The van der Waals surface area contributed by atoms with E-state index in [0.717, 1.165) is 50.6 Å². The first-order chi connectivity index (χ1) is 20.3. The van der Waals surface area contributed by atoms with Gasteiger partial charge in [-0.3, -0.25) is 19.9 Å². The number of nitrogens with zero attached hydrogens (tertiary/aromatic N) is 5. The number of pyridine rings is 4. The van der Waals surface area contributed by atoms with Gasteiger partial charge in [-0.1, -0.05) is 54.6 Å². The van der Waals surface area contributed by atoms with Gasteiger partial charge in [0.2, 0.25) is 0 Å². The molecule has 0 saturated carbocycles. The summed E-state index contributed by atoms with van der Waals surface area (Å²) in [6.07, 6.45) is 7.46. The SMILES string of the molecule is c1ccc(-c2ccc(-c3ccc4c(c3)c3c5ccccc5ccc3n4-c3ccc(-c4ccccn4)nc3)cn2)nc1. The molecule has 0 radical (unpaired) electrons. The number of hydrogen-bond acceptors (Lipinski definition) is 4. The van der Waals surface area contributed by atoms with Gasteiger partial charge in [0.1, 0.15) is 0 Å². The second kappa shape index (κ2) is 9.50. The molecule has 5 heteroatoms. The Morgan fingerprint density at radius 2 is 1.10 bits per heavy atom. The normalized spacial score (nSPS) is 11.4. The predicted octanol–water partition coefficient (Wildman–Crippen LogP) is 8.52. The van der Waals surface area contributed by atoms with Crippen LogP contribution in [0.2, 0.25) is 0 Å². The Morgan fingerprint density at radius 1 is 0.439 bits per heavy atom. The van der Waals surface area contributed by atoms with Crippen molar-refractivity contribution in [2.45, 2.75) is 0 Å². The average molecular weight is 526 g/mol. The highest BCUT2D eigenvalue weighted by Crippen LogP contribution is 2.38. The van der Waals surface area contributed by atoms with Gasteiger partial charge in [0, 0.05) is 34.9 Å². The van der Waals surface area contributed by atoms with E-state index in [4.69, 9.17) is 9.97 Å². The summed E-state index contributed by atoms with van der Waals surface area (Å²) in [6.45, 7) is 0. The molecule has 5 nitrogen and oxygen atoms in total. The molecule has 41 heavy (non-hydrogen) atoms. The predicted molar refractivity (Wildman–Crippen MR) is 166 cm³/mol. The fourth-order valence-corrected chi connectivity index (χ4v) is 5.66. The monoisotopic (exact) mass is 525 g/mol. The number of fused-ring (bicyclic) bond motifs is 5. The molecule has 192 valence electrons. The molecule has 5 aromatic heterocycles. The van der Waals surface area contributed by atoms with Crippen LogP contribution in [-0.4, -0.2) is 24.5 Å². The first kappa shape index (κ1) is 23.2. The summed E-state index contributed by atoms with van der Waals surface area (Å²) in [7, 11) is 0. The van der Waals surface area contributed by atoms with Crippen LogP contribution in [0, 0.1) is 0 Å². The molecule has 8 aromatic rings. The Balaban J connectivity index is 1.31. The Bertz CT molecular complexity index is 2170. The van der Waals surface area contributed by atoms with E-state index in [1.54, 1.807) is 12.4 Å². The van der Waals surface area contributed by atoms with Crippen LogP contribution in [0.15, 0.2) is 140 Å². The summed E-state index contributed by atoms with van der Waals surface area (Å²) < 4.78 is 2.30. The van der Waals surface area contributed by atoms with Gasteiger partial charge in [-0.05, 0) is 77.0 Å². The highest BCUT2D eigenvalue weighted by molar-refractivity contribution is 6.21. The molecule has 0 amide bonds. The van der Waals surface area contributed by atoms with Crippen molar-refractivity contribution in [2.75, 3.05) is 0 Å². The summed E-state index contributed by atoms with van der Waals surface area (Å²) in [5.41, 5.74) is 8.91. The zero-order valence-corrected chi connectivity index (χ0v) is 22.0. The number of rotatable bonds is 4. The van der Waals surface area contributed by atoms with E-state index in [1.165, 1.54) is 21.5 Å². The lowest BCUT2D eigenvalue weighted by Crippen LogP contribution is -1.96. The Hall–Kier alpha value is -5.68. The summed E-state index contributed by atoms with van der Waals surface area (Å²) in [5, 5.41) is 4.87. The van der Waals surface area contributed by atoms with E-state index < -0.39 is 0 Å². The van der Waals surface area contributed by atoms with E-state index in [2.05, 4.69) is 81.3 Å². The van der Waals surface area contributed by atoms with E-state index in [1.807, 2.05) is 60.9 Å². The average Bonchev–Trinajstić information content (AvgIpc) is 3.40. The first-order valence-corrected chi connectivity index (χ1v) is 13.6. The van der Waals surface area contributed by atoms with Crippen LogP contribution in [0.3, 0.4) is 0 Å². The smallest absolute Gasteiger partial charge is 0.0887 e. The van der Waals surface area contributed by atoms with E-state index in [9.17, 15) is 0 Å². The van der Waals surface area contributed by atoms with Crippen molar-refractivity contribution in [3.8, 4) is 39.6 Å². The van der Waals surface area contributed by atoms with Crippen molar-refractivity contribution in [1.29, 1.82) is 0 Å². The second-order valence-electron chi connectivity index (χ2n) is 10.0. The highest BCUT2D eigenvalue weighted by Gasteiger charge is 2.16. The zero-order valence-electron chi connectivity index (χ0n) is 22.0. The topological polar surface area (TPSA) is 56.5 Å². The number of hydrogen-bond donors (Lipinski definition) is 0. The minimum absolute atomic E-state index is 0.851. The molecule has 0 spiro atoms. The van der Waals surface area contributed by atoms with Gasteiger partial charge in [-0.15, -0.1) is 0 Å². The summed E-state index contributed by atoms with van der Waals surface area (Å²) in [5.74, 6) is 0. The molecule has 0 fully saturated rings. The van der Waals surface area contributed by atoms with Crippen LogP contribution in [0.25, 0.3) is 72.2 Å². The molecule has 0 unspecified atom stereocenters. The largest absolute Gasteiger partial charge is 0.308 e. The third-order valence-electron chi connectivity index (χ3n) is 7.61. The molecule has 0 aliphatic rings. The van der Waals surface area contributed by atoms with Gasteiger partial charge in [0.05, 0.1) is 45.7 Å². The molecule has 0 bridgehead atoms. The first-order valence-electron chi connectivity index (χ1n) is 13.6. The Morgan fingerprint density at radius 3 is 1.78 bits per heavy atom.